The lowest BCUT2D eigenvalue weighted by atomic mass is 9.71. The first-order chi connectivity index (χ1) is 15.4. The maximum Gasteiger partial charge on any atom is 0.178 e. The topological polar surface area (TPSA) is 46.8 Å². The third-order valence-corrected chi connectivity index (χ3v) is 8.49. The van der Waals surface area contributed by atoms with Crippen LogP contribution < -0.4 is 0 Å². The Morgan fingerprint density at radius 3 is 2.62 bits per heavy atom. The summed E-state index contributed by atoms with van der Waals surface area (Å²) in [7, 11) is 0. The molecule has 1 aromatic carbocycles. The highest BCUT2D eigenvalue weighted by Crippen LogP contribution is 2.47. The molecule has 3 atom stereocenters. The number of likely N-dealkylation sites (tertiary alicyclic amines) is 1. The fraction of sp³-hybridized carbons (Fsp3) is 0.577. The minimum atomic E-state index is 0.124. The van der Waals surface area contributed by atoms with Crippen LogP contribution >= 0.6 is 11.8 Å². The van der Waals surface area contributed by atoms with Crippen LogP contribution in [0.15, 0.2) is 42.0 Å². The summed E-state index contributed by atoms with van der Waals surface area (Å²) in [6.45, 7) is 14.3. The van der Waals surface area contributed by atoms with E-state index >= 15 is 0 Å². The molecule has 5 nitrogen and oxygen atoms in total. The number of benzene rings is 1. The summed E-state index contributed by atoms with van der Waals surface area (Å²) in [6, 6.07) is 7.04. The molecule has 0 amide bonds. The van der Waals surface area contributed by atoms with Gasteiger partial charge in [-0.2, -0.15) is 16.4 Å². The van der Waals surface area contributed by atoms with Gasteiger partial charge in [-0.3, -0.25) is 4.90 Å². The SMILES string of the molecule is C=C(C)C1(CSC)CC=C(C(c2nnnn2-c2c(C)cccc2C)N2CCCC2C)CC1. The van der Waals surface area contributed by atoms with Crippen LogP contribution in [0, 0.1) is 19.3 Å². The van der Waals surface area contributed by atoms with Crippen LogP contribution in [0.1, 0.15) is 68.9 Å². The van der Waals surface area contributed by atoms with E-state index < -0.39 is 0 Å². The Bertz CT molecular complexity index is 989. The molecule has 0 spiro atoms. The summed E-state index contributed by atoms with van der Waals surface area (Å²) >= 11 is 1.93. The molecule has 32 heavy (non-hydrogen) atoms. The van der Waals surface area contributed by atoms with Gasteiger partial charge in [-0.15, -0.1) is 5.10 Å². The van der Waals surface area contributed by atoms with Gasteiger partial charge in [0.25, 0.3) is 0 Å². The highest BCUT2D eigenvalue weighted by Gasteiger charge is 2.39. The largest absolute Gasteiger partial charge is 0.287 e. The second-order valence-electron chi connectivity index (χ2n) is 9.80. The van der Waals surface area contributed by atoms with Crippen LogP contribution in [0.25, 0.3) is 5.69 Å². The van der Waals surface area contributed by atoms with Gasteiger partial charge in [-0.05, 0) is 99.7 Å². The van der Waals surface area contributed by atoms with Gasteiger partial charge in [0.15, 0.2) is 5.82 Å². The Labute approximate surface area is 197 Å². The second-order valence-corrected chi connectivity index (χ2v) is 10.7. The van der Waals surface area contributed by atoms with E-state index in [0.717, 1.165) is 43.1 Å². The van der Waals surface area contributed by atoms with Crippen molar-refractivity contribution in [1.82, 2.24) is 25.1 Å². The van der Waals surface area contributed by atoms with Crippen molar-refractivity contribution < 1.29 is 0 Å². The van der Waals surface area contributed by atoms with Crippen molar-refractivity contribution in [3.8, 4) is 5.69 Å². The van der Waals surface area contributed by atoms with Crippen LogP contribution in [0.5, 0.6) is 0 Å². The summed E-state index contributed by atoms with van der Waals surface area (Å²) in [5.74, 6) is 2.09. The number of thioether (sulfide) groups is 1. The lowest BCUT2D eigenvalue weighted by molar-refractivity contribution is 0.196. The number of aryl methyl sites for hydroxylation is 2. The molecule has 1 aromatic heterocycles. The number of nitrogens with zero attached hydrogens (tertiary/aromatic N) is 5. The average Bonchev–Trinajstić information content (AvgIpc) is 3.40. The standard InChI is InChI=1S/C26H37N5S/c1-18(2)26(17-32-6)14-12-22(13-15-26)24(30-16-8-11-21(30)5)25-27-28-29-31(25)23-19(3)9-7-10-20(23)4/h7,9-10,12,21,24H,1,8,11,13-17H2,2-6H3. The number of hydrogen-bond donors (Lipinski definition) is 0. The quantitative estimate of drug-likeness (QED) is 0.495. The van der Waals surface area contributed by atoms with E-state index in [2.05, 4.69) is 85.2 Å². The third-order valence-electron chi connectivity index (χ3n) is 7.65. The summed E-state index contributed by atoms with van der Waals surface area (Å²) in [6.07, 6.45) is 10.4. The van der Waals surface area contributed by atoms with Crippen LogP contribution in [-0.4, -0.2) is 49.7 Å². The van der Waals surface area contributed by atoms with Crippen molar-refractivity contribution in [2.24, 2.45) is 5.41 Å². The molecule has 0 N–H and O–H groups in total. The molecule has 4 rings (SSSR count). The summed E-state index contributed by atoms with van der Waals surface area (Å²) < 4.78 is 2.00. The minimum absolute atomic E-state index is 0.124. The predicted molar refractivity (Wildman–Crippen MR) is 134 cm³/mol. The molecule has 1 fully saturated rings. The Balaban J connectivity index is 1.78. The third kappa shape index (κ3) is 4.19. The minimum Gasteiger partial charge on any atom is -0.287 e. The van der Waals surface area contributed by atoms with Crippen molar-refractivity contribution in [1.29, 1.82) is 0 Å². The summed E-state index contributed by atoms with van der Waals surface area (Å²) in [5, 5.41) is 13.3. The number of allylic oxidation sites excluding steroid dienone is 2. The van der Waals surface area contributed by atoms with Crippen LogP contribution in [0.3, 0.4) is 0 Å². The number of aromatic nitrogens is 4. The highest BCUT2D eigenvalue weighted by molar-refractivity contribution is 7.98. The van der Waals surface area contributed by atoms with Crippen molar-refractivity contribution >= 4 is 11.8 Å². The van der Waals surface area contributed by atoms with E-state index in [9.17, 15) is 0 Å². The molecule has 1 aliphatic heterocycles. The highest BCUT2D eigenvalue weighted by atomic mass is 32.2. The Kier molecular flexibility index (Phi) is 6.91. The molecule has 172 valence electrons. The van der Waals surface area contributed by atoms with Gasteiger partial charge < -0.3 is 0 Å². The lowest BCUT2D eigenvalue weighted by Gasteiger charge is -2.40. The van der Waals surface area contributed by atoms with E-state index in [4.69, 9.17) is 0 Å². The van der Waals surface area contributed by atoms with Crippen LogP contribution in [-0.2, 0) is 0 Å². The van der Waals surface area contributed by atoms with E-state index in [-0.39, 0.29) is 11.5 Å². The van der Waals surface area contributed by atoms with Gasteiger partial charge in [-0.25, -0.2) is 0 Å². The van der Waals surface area contributed by atoms with E-state index in [1.807, 2.05) is 16.4 Å². The summed E-state index contributed by atoms with van der Waals surface area (Å²) in [5.41, 5.74) is 6.51. The molecule has 2 aliphatic rings. The van der Waals surface area contributed by atoms with Gasteiger partial charge in [0.1, 0.15) is 0 Å². The molecule has 1 aliphatic carbocycles. The first kappa shape index (κ1) is 23.2. The molecular formula is C26H37N5S. The van der Waals surface area contributed by atoms with Gasteiger partial charge in [0, 0.05) is 17.2 Å². The lowest BCUT2D eigenvalue weighted by Crippen LogP contribution is -2.37. The Morgan fingerprint density at radius 1 is 1.31 bits per heavy atom. The normalized spacial score (nSPS) is 25.0. The zero-order valence-electron chi connectivity index (χ0n) is 20.3. The molecule has 2 heterocycles. The second kappa shape index (κ2) is 9.52. The van der Waals surface area contributed by atoms with Gasteiger partial charge >= 0.3 is 0 Å². The van der Waals surface area contributed by atoms with Crippen molar-refractivity contribution in [3.05, 3.63) is 59.0 Å². The van der Waals surface area contributed by atoms with Crippen molar-refractivity contribution in [3.63, 3.8) is 0 Å². The average molecular weight is 452 g/mol. The molecule has 1 saturated heterocycles. The fourth-order valence-electron chi connectivity index (χ4n) is 5.61. The molecule has 6 heteroatoms. The predicted octanol–water partition coefficient (Wildman–Crippen LogP) is 5.84. The Hall–Kier alpha value is -1.92. The fourth-order valence-corrected chi connectivity index (χ4v) is 6.67. The van der Waals surface area contributed by atoms with E-state index in [1.54, 1.807) is 0 Å². The number of hydrogen-bond acceptors (Lipinski definition) is 5. The number of rotatable bonds is 7. The number of tetrazole rings is 1. The van der Waals surface area contributed by atoms with E-state index in [0.29, 0.717) is 6.04 Å². The van der Waals surface area contributed by atoms with Crippen molar-refractivity contribution in [2.45, 2.75) is 71.9 Å². The van der Waals surface area contributed by atoms with E-state index in [1.165, 1.54) is 35.1 Å². The monoisotopic (exact) mass is 451 g/mol. The van der Waals surface area contributed by atoms with Crippen LogP contribution in [0.4, 0.5) is 0 Å². The van der Waals surface area contributed by atoms with Crippen LogP contribution in [0.2, 0.25) is 0 Å². The van der Waals surface area contributed by atoms with Gasteiger partial charge in [0.2, 0.25) is 0 Å². The van der Waals surface area contributed by atoms with Gasteiger partial charge in [-0.1, -0.05) is 36.4 Å². The number of para-hydroxylation sites is 1. The zero-order valence-corrected chi connectivity index (χ0v) is 21.1. The Morgan fingerprint density at radius 2 is 2.06 bits per heavy atom. The van der Waals surface area contributed by atoms with Crippen molar-refractivity contribution in [2.75, 3.05) is 18.6 Å². The molecule has 0 saturated carbocycles. The molecule has 0 radical (unpaired) electrons. The molecule has 2 aromatic rings. The molecule has 0 bridgehead atoms. The maximum atomic E-state index is 4.63. The zero-order chi connectivity index (χ0) is 22.9. The first-order valence-corrected chi connectivity index (χ1v) is 13.2. The molecule has 3 unspecified atom stereocenters. The summed E-state index contributed by atoms with van der Waals surface area (Å²) in [4.78, 5) is 2.63. The first-order valence-electron chi connectivity index (χ1n) is 11.8. The smallest absolute Gasteiger partial charge is 0.178 e. The molecular weight excluding hydrogens is 414 g/mol. The van der Waals surface area contributed by atoms with Gasteiger partial charge in [0.05, 0.1) is 11.7 Å². The maximum absolute atomic E-state index is 4.63.